The number of aromatic amines is 1. The Hall–Kier alpha value is -2.40. The highest BCUT2D eigenvalue weighted by atomic mass is 32.1. The number of benzene rings is 2. The van der Waals surface area contributed by atoms with Crippen LogP contribution in [0.25, 0.3) is 10.9 Å². The summed E-state index contributed by atoms with van der Waals surface area (Å²) in [6.07, 6.45) is 0. The number of H-pyrrole nitrogens is 1. The van der Waals surface area contributed by atoms with Crippen LogP contribution >= 0.6 is 12.2 Å². The lowest BCUT2D eigenvalue weighted by atomic mass is 10.1. The summed E-state index contributed by atoms with van der Waals surface area (Å²) < 4.78 is 13.1. The number of halogens is 1. The Morgan fingerprint density at radius 1 is 1.18 bits per heavy atom. The lowest BCUT2D eigenvalue weighted by molar-refractivity contribution is 0.628. The number of aromatic nitrogens is 1. The van der Waals surface area contributed by atoms with Crippen molar-refractivity contribution in [1.82, 2.24) is 10.3 Å². The van der Waals surface area contributed by atoms with Crippen molar-refractivity contribution in [1.29, 1.82) is 0 Å². The topological polar surface area (TPSA) is 39.8 Å². The van der Waals surface area contributed by atoms with Gasteiger partial charge in [-0.15, -0.1) is 0 Å². The second-order valence-electron chi connectivity index (χ2n) is 5.19. The molecule has 0 radical (unpaired) electrons. The highest BCUT2D eigenvalue weighted by Crippen LogP contribution is 2.17. The van der Waals surface area contributed by atoms with Crippen LogP contribution in [0.1, 0.15) is 11.3 Å². The maximum absolute atomic E-state index is 13.1. The molecular formula is C17H16FN3S. The smallest absolute Gasteiger partial charge is 0.171 e. The van der Waals surface area contributed by atoms with Crippen LogP contribution in [0.3, 0.4) is 0 Å². The van der Waals surface area contributed by atoms with Gasteiger partial charge in [0.1, 0.15) is 5.82 Å². The molecule has 22 heavy (non-hydrogen) atoms. The van der Waals surface area contributed by atoms with E-state index in [1.807, 2.05) is 6.92 Å². The van der Waals surface area contributed by atoms with Gasteiger partial charge in [0, 0.05) is 23.4 Å². The molecule has 2 aromatic carbocycles. The third-order valence-electron chi connectivity index (χ3n) is 3.36. The second kappa shape index (κ2) is 6.15. The molecule has 5 heteroatoms. The van der Waals surface area contributed by atoms with Crippen LogP contribution in [-0.2, 0) is 6.54 Å². The standard InChI is InChI=1S/C17H16FN3S/c1-11-7-13-8-12(5-6-16(13)20-11)10-19-17(22)21-15-4-2-3-14(18)9-15/h2-9,20H,10H2,1H3,(H2,19,21,22). The molecule has 3 aromatic rings. The minimum Gasteiger partial charge on any atom is -0.359 e. The summed E-state index contributed by atoms with van der Waals surface area (Å²) >= 11 is 5.23. The third kappa shape index (κ3) is 3.43. The van der Waals surface area contributed by atoms with E-state index >= 15 is 0 Å². The van der Waals surface area contributed by atoms with E-state index in [1.165, 1.54) is 17.5 Å². The van der Waals surface area contributed by atoms with Crippen LogP contribution in [0, 0.1) is 12.7 Å². The van der Waals surface area contributed by atoms with Crippen LogP contribution in [0.4, 0.5) is 10.1 Å². The monoisotopic (exact) mass is 313 g/mol. The Balaban J connectivity index is 1.62. The maximum Gasteiger partial charge on any atom is 0.171 e. The fourth-order valence-corrected chi connectivity index (χ4v) is 2.55. The average Bonchev–Trinajstić information content (AvgIpc) is 2.84. The lowest BCUT2D eigenvalue weighted by Crippen LogP contribution is -2.27. The van der Waals surface area contributed by atoms with Crippen molar-refractivity contribution >= 4 is 33.9 Å². The van der Waals surface area contributed by atoms with Crippen molar-refractivity contribution in [3.05, 3.63) is 65.6 Å². The summed E-state index contributed by atoms with van der Waals surface area (Å²) in [4.78, 5) is 3.29. The minimum absolute atomic E-state index is 0.291. The van der Waals surface area contributed by atoms with E-state index in [4.69, 9.17) is 12.2 Å². The maximum atomic E-state index is 13.1. The number of nitrogens with one attached hydrogen (secondary N) is 3. The van der Waals surface area contributed by atoms with Crippen LogP contribution in [0.15, 0.2) is 48.5 Å². The number of anilines is 1. The number of rotatable bonds is 3. The molecule has 0 spiro atoms. The number of hydrogen-bond donors (Lipinski definition) is 3. The van der Waals surface area contributed by atoms with E-state index in [-0.39, 0.29) is 5.82 Å². The quantitative estimate of drug-likeness (QED) is 0.638. The summed E-state index contributed by atoms with van der Waals surface area (Å²) in [5, 5.41) is 7.74. The van der Waals surface area contributed by atoms with E-state index in [0.717, 1.165) is 16.8 Å². The molecule has 0 bridgehead atoms. The van der Waals surface area contributed by atoms with Crippen molar-refractivity contribution in [3.8, 4) is 0 Å². The second-order valence-corrected chi connectivity index (χ2v) is 5.60. The van der Waals surface area contributed by atoms with Gasteiger partial charge >= 0.3 is 0 Å². The Labute approximate surface area is 133 Å². The van der Waals surface area contributed by atoms with E-state index < -0.39 is 0 Å². The Morgan fingerprint density at radius 2 is 2.05 bits per heavy atom. The highest BCUT2D eigenvalue weighted by molar-refractivity contribution is 7.80. The van der Waals surface area contributed by atoms with Crippen LogP contribution in [-0.4, -0.2) is 10.1 Å². The Morgan fingerprint density at radius 3 is 2.86 bits per heavy atom. The molecule has 0 saturated carbocycles. The largest absolute Gasteiger partial charge is 0.359 e. The average molecular weight is 313 g/mol. The van der Waals surface area contributed by atoms with Gasteiger partial charge < -0.3 is 15.6 Å². The van der Waals surface area contributed by atoms with Gasteiger partial charge in [0.15, 0.2) is 5.11 Å². The molecule has 3 nitrogen and oxygen atoms in total. The van der Waals surface area contributed by atoms with Gasteiger partial charge in [-0.05, 0) is 66.5 Å². The molecule has 0 saturated heterocycles. The fraction of sp³-hybridized carbons (Fsp3) is 0.118. The molecular weight excluding hydrogens is 297 g/mol. The Kier molecular flexibility index (Phi) is 4.06. The SMILES string of the molecule is Cc1cc2cc(CNC(=S)Nc3cccc(F)c3)ccc2[nH]1. The molecule has 0 atom stereocenters. The molecule has 0 aliphatic heterocycles. The van der Waals surface area contributed by atoms with Crippen molar-refractivity contribution in [2.75, 3.05) is 5.32 Å². The van der Waals surface area contributed by atoms with Crippen LogP contribution in [0.2, 0.25) is 0 Å². The van der Waals surface area contributed by atoms with Crippen molar-refractivity contribution in [2.45, 2.75) is 13.5 Å². The fourth-order valence-electron chi connectivity index (χ4n) is 2.36. The van der Waals surface area contributed by atoms with Gasteiger partial charge in [-0.3, -0.25) is 0 Å². The van der Waals surface area contributed by atoms with Gasteiger partial charge in [0.05, 0.1) is 0 Å². The third-order valence-corrected chi connectivity index (χ3v) is 3.60. The number of fused-ring (bicyclic) bond motifs is 1. The predicted molar refractivity (Wildman–Crippen MR) is 92.5 cm³/mol. The zero-order valence-corrected chi connectivity index (χ0v) is 12.9. The summed E-state index contributed by atoms with van der Waals surface area (Å²) in [6.45, 7) is 2.65. The summed E-state index contributed by atoms with van der Waals surface area (Å²) in [5.41, 5.74) is 4.04. The van der Waals surface area contributed by atoms with Crippen molar-refractivity contribution < 1.29 is 4.39 Å². The molecule has 0 unspecified atom stereocenters. The van der Waals surface area contributed by atoms with Crippen molar-refractivity contribution in [2.24, 2.45) is 0 Å². The molecule has 0 aliphatic rings. The number of thiocarbonyl (C=S) groups is 1. The normalized spacial score (nSPS) is 10.6. The molecule has 112 valence electrons. The Bertz CT molecular complexity index is 826. The highest BCUT2D eigenvalue weighted by Gasteiger charge is 2.02. The first-order valence-electron chi connectivity index (χ1n) is 6.99. The van der Waals surface area contributed by atoms with Gasteiger partial charge in [-0.2, -0.15) is 0 Å². The molecule has 3 rings (SSSR count). The number of hydrogen-bond acceptors (Lipinski definition) is 1. The van der Waals surface area contributed by atoms with Gasteiger partial charge in [0.25, 0.3) is 0 Å². The molecule has 0 aliphatic carbocycles. The summed E-state index contributed by atoms with van der Waals surface area (Å²) in [7, 11) is 0. The summed E-state index contributed by atoms with van der Waals surface area (Å²) in [5.74, 6) is -0.291. The molecule has 1 aromatic heterocycles. The minimum atomic E-state index is -0.291. The van der Waals surface area contributed by atoms with Crippen LogP contribution in [0.5, 0.6) is 0 Å². The van der Waals surface area contributed by atoms with Gasteiger partial charge in [0.2, 0.25) is 0 Å². The zero-order chi connectivity index (χ0) is 15.5. The molecule has 3 N–H and O–H groups in total. The summed E-state index contributed by atoms with van der Waals surface area (Å²) in [6, 6.07) is 14.6. The molecule has 1 heterocycles. The van der Waals surface area contributed by atoms with E-state index in [0.29, 0.717) is 17.3 Å². The first kappa shape index (κ1) is 14.5. The van der Waals surface area contributed by atoms with E-state index in [9.17, 15) is 4.39 Å². The molecule has 0 fully saturated rings. The first-order valence-corrected chi connectivity index (χ1v) is 7.40. The van der Waals surface area contributed by atoms with Crippen molar-refractivity contribution in [3.63, 3.8) is 0 Å². The number of aryl methyl sites for hydroxylation is 1. The van der Waals surface area contributed by atoms with Crippen LogP contribution < -0.4 is 10.6 Å². The zero-order valence-electron chi connectivity index (χ0n) is 12.1. The first-order chi connectivity index (χ1) is 10.6. The van der Waals surface area contributed by atoms with Gasteiger partial charge in [-0.1, -0.05) is 12.1 Å². The lowest BCUT2D eigenvalue weighted by Gasteiger charge is -2.10. The van der Waals surface area contributed by atoms with E-state index in [1.54, 1.807) is 12.1 Å². The molecule has 0 amide bonds. The van der Waals surface area contributed by atoms with Gasteiger partial charge in [-0.25, -0.2) is 4.39 Å². The van der Waals surface area contributed by atoms with E-state index in [2.05, 4.69) is 39.9 Å². The predicted octanol–water partition coefficient (Wildman–Crippen LogP) is 4.10.